The average Bonchev–Trinajstić information content (AvgIpc) is 3.60. The Morgan fingerprint density at radius 1 is 0.974 bits per heavy atom. The van der Waals surface area contributed by atoms with Crippen molar-refractivity contribution in [2.75, 3.05) is 17.2 Å². The molecular formula is C26H20FN11O. The van der Waals surface area contributed by atoms with E-state index in [9.17, 15) is 4.39 Å². The topological polar surface area (TPSA) is 178 Å². The fourth-order valence-corrected chi connectivity index (χ4v) is 4.86. The number of fused-ring (bicyclic) bond motifs is 3. The number of rotatable bonds is 4. The van der Waals surface area contributed by atoms with E-state index in [1.54, 1.807) is 46.0 Å². The van der Waals surface area contributed by atoms with E-state index in [0.29, 0.717) is 50.3 Å². The Kier molecular flexibility index (Phi) is 4.76. The van der Waals surface area contributed by atoms with Gasteiger partial charge in [0, 0.05) is 23.2 Å². The molecule has 0 saturated heterocycles. The van der Waals surface area contributed by atoms with E-state index in [2.05, 4.69) is 19.9 Å². The number of nitrogen functional groups attached to an aromatic ring is 3. The molecule has 7 rings (SSSR count). The van der Waals surface area contributed by atoms with Crippen molar-refractivity contribution in [2.24, 2.45) is 0 Å². The first kappa shape index (κ1) is 22.6. The van der Waals surface area contributed by atoms with Crippen LogP contribution in [0.15, 0.2) is 65.3 Å². The monoisotopic (exact) mass is 521 g/mol. The lowest BCUT2D eigenvalue weighted by atomic mass is 10.1. The van der Waals surface area contributed by atoms with Gasteiger partial charge >= 0.3 is 0 Å². The molecule has 0 aliphatic heterocycles. The third-order valence-corrected chi connectivity index (χ3v) is 6.60. The number of hydrogen-bond donors (Lipinski definition) is 3. The maximum absolute atomic E-state index is 14.3. The maximum Gasteiger partial charge on any atom is 0.292 e. The second kappa shape index (κ2) is 8.21. The zero-order valence-electron chi connectivity index (χ0n) is 20.4. The number of nitrogens with two attached hydrogens (primary N) is 3. The zero-order chi connectivity index (χ0) is 26.8. The van der Waals surface area contributed by atoms with Crippen LogP contribution in [0.3, 0.4) is 0 Å². The molecule has 0 fully saturated rings. The van der Waals surface area contributed by atoms with Crippen LogP contribution < -0.4 is 17.2 Å². The molecule has 0 aliphatic rings. The highest BCUT2D eigenvalue weighted by Crippen LogP contribution is 2.36. The van der Waals surface area contributed by atoms with E-state index in [1.807, 2.05) is 19.1 Å². The molecule has 5 aromatic heterocycles. The predicted octanol–water partition coefficient (Wildman–Crippen LogP) is 3.86. The van der Waals surface area contributed by atoms with Crippen LogP contribution in [0, 0.1) is 5.82 Å². The van der Waals surface area contributed by atoms with E-state index < -0.39 is 6.04 Å². The van der Waals surface area contributed by atoms with Crippen LogP contribution in [-0.4, -0.2) is 39.5 Å². The van der Waals surface area contributed by atoms with Gasteiger partial charge in [0.2, 0.25) is 5.95 Å². The number of anilines is 3. The Morgan fingerprint density at radius 2 is 1.85 bits per heavy atom. The van der Waals surface area contributed by atoms with Crippen molar-refractivity contribution < 1.29 is 8.81 Å². The fraction of sp³-hybridized carbons (Fsp3) is 0.0769. The van der Waals surface area contributed by atoms with Gasteiger partial charge in [0.15, 0.2) is 11.2 Å². The Balaban J connectivity index is 1.46. The van der Waals surface area contributed by atoms with Crippen LogP contribution in [0.1, 0.15) is 18.7 Å². The molecule has 6 N–H and O–H groups in total. The summed E-state index contributed by atoms with van der Waals surface area (Å²) in [5, 5.41) is 11.0. The molecule has 1 atom stereocenters. The van der Waals surface area contributed by atoms with Gasteiger partial charge in [0.1, 0.15) is 22.8 Å². The zero-order valence-corrected chi connectivity index (χ0v) is 20.4. The van der Waals surface area contributed by atoms with Gasteiger partial charge in [0.25, 0.3) is 6.01 Å². The van der Waals surface area contributed by atoms with Crippen molar-refractivity contribution in [1.29, 1.82) is 0 Å². The summed E-state index contributed by atoms with van der Waals surface area (Å²) < 4.78 is 23.1. The lowest BCUT2D eigenvalue weighted by Crippen LogP contribution is -2.12. The Morgan fingerprint density at radius 3 is 2.67 bits per heavy atom. The summed E-state index contributed by atoms with van der Waals surface area (Å²) in [6.07, 6.45) is 3.32. The van der Waals surface area contributed by atoms with Gasteiger partial charge in [-0.3, -0.25) is 4.98 Å². The first-order chi connectivity index (χ1) is 18.9. The number of halogens is 1. The van der Waals surface area contributed by atoms with Crippen molar-refractivity contribution in [2.45, 2.75) is 13.0 Å². The first-order valence-electron chi connectivity index (χ1n) is 11.9. The largest absolute Gasteiger partial charge is 0.424 e. The number of benzene rings is 2. The van der Waals surface area contributed by atoms with Crippen molar-refractivity contribution in [1.82, 2.24) is 39.5 Å². The summed E-state index contributed by atoms with van der Waals surface area (Å²) in [5.74, 6) is -0.193. The number of pyridine rings is 1. The molecular weight excluding hydrogens is 501 g/mol. The summed E-state index contributed by atoms with van der Waals surface area (Å²) in [6, 6.07) is 13.2. The molecule has 192 valence electrons. The van der Waals surface area contributed by atoms with Gasteiger partial charge in [-0.05, 0) is 49.4 Å². The van der Waals surface area contributed by atoms with Crippen LogP contribution in [0.2, 0.25) is 0 Å². The van der Waals surface area contributed by atoms with Gasteiger partial charge in [-0.15, -0.1) is 0 Å². The summed E-state index contributed by atoms with van der Waals surface area (Å²) in [5.41, 5.74) is 22.8. The second-order valence-electron chi connectivity index (χ2n) is 9.04. The molecule has 0 aliphatic carbocycles. The minimum absolute atomic E-state index is 0.00689. The van der Waals surface area contributed by atoms with Crippen LogP contribution in [0.5, 0.6) is 0 Å². The Hall–Kier alpha value is -5.59. The standard InChI is InChI=1S/C26H20FN11O/c1-12(21-16-6-5-14(27)10-18(16)38(35-21)15-3-2-8-31-11-15)37-24-20(23(28)33-25(29)34-24)22(36-37)13-4-7-19-17(9-13)32-26(30)39-19/h2-12H,1H3,(H2,30,32)(H4,28,29,33,34). The number of oxazole rings is 1. The smallest absolute Gasteiger partial charge is 0.292 e. The van der Waals surface area contributed by atoms with Crippen LogP contribution in [-0.2, 0) is 0 Å². The van der Waals surface area contributed by atoms with Gasteiger partial charge in [0.05, 0.1) is 34.5 Å². The van der Waals surface area contributed by atoms with Crippen molar-refractivity contribution in [3.05, 3.63) is 72.4 Å². The Labute approximate surface area is 218 Å². The highest BCUT2D eigenvalue weighted by Gasteiger charge is 2.26. The molecule has 0 bridgehead atoms. The molecule has 13 heteroatoms. The summed E-state index contributed by atoms with van der Waals surface area (Å²) in [4.78, 5) is 17.1. The third kappa shape index (κ3) is 3.51. The van der Waals surface area contributed by atoms with Gasteiger partial charge < -0.3 is 21.6 Å². The van der Waals surface area contributed by atoms with E-state index in [4.69, 9.17) is 31.8 Å². The Bertz CT molecular complexity index is 2040. The number of nitrogens with zero attached hydrogens (tertiary/aromatic N) is 8. The number of hydrogen-bond acceptors (Lipinski definition) is 10. The minimum Gasteiger partial charge on any atom is -0.424 e. The SMILES string of the molecule is CC(c1nn(-c2cccnc2)c2cc(F)ccc12)n1nc(-c2ccc3oc(N)nc3c2)c2c(N)nc(N)nc21. The highest BCUT2D eigenvalue weighted by atomic mass is 19.1. The fourth-order valence-electron chi connectivity index (χ4n) is 4.86. The lowest BCUT2D eigenvalue weighted by molar-refractivity contribution is 0.564. The van der Waals surface area contributed by atoms with E-state index >= 15 is 0 Å². The predicted molar refractivity (Wildman–Crippen MR) is 144 cm³/mol. The summed E-state index contributed by atoms with van der Waals surface area (Å²) in [6.45, 7) is 1.92. The molecule has 0 saturated carbocycles. The number of aromatic nitrogens is 8. The highest BCUT2D eigenvalue weighted by molar-refractivity contribution is 6.00. The molecule has 0 amide bonds. The van der Waals surface area contributed by atoms with Crippen molar-refractivity contribution in [3.8, 4) is 16.9 Å². The molecule has 1 unspecified atom stereocenters. The van der Waals surface area contributed by atoms with Gasteiger partial charge in [-0.2, -0.15) is 25.1 Å². The van der Waals surface area contributed by atoms with E-state index in [1.165, 1.54) is 12.1 Å². The first-order valence-corrected chi connectivity index (χ1v) is 11.9. The second-order valence-corrected chi connectivity index (χ2v) is 9.04. The molecule has 0 spiro atoms. The maximum atomic E-state index is 14.3. The van der Waals surface area contributed by atoms with Crippen LogP contribution >= 0.6 is 0 Å². The molecule has 12 nitrogen and oxygen atoms in total. The molecule has 5 heterocycles. The van der Waals surface area contributed by atoms with E-state index in [-0.39, 0.29) is 23.6 Å². The van der Waals surface area contributed by atoms with Gasteiger partial charge in [-0.1, -0.05) is 0 Å². The molecule has 2 aromatic carbocycles. The van der Waals surface area contributed by atoms with Crippen LogP contribution in [0.25, 0.3) is 50.0 Å². The lowest BCUT2D eigenvalue weighted by Gasteiger charge is -2.11. The summed E-state index contributed by atoms with van der Waals surface area (Å²) >= 11 is 0. The van der Waals surface area contributed by atoms with E-state index in [0.717, 1.165) is 5.39 Å². The normalized spacial score (nSPS) is 12.6. The average molecular weight is 522 g/mol. The van der Waals surface area contributed by atoms with Crippen molar-refractivity contribution in [3.63, 3.8) is 0 Å². The quantitative estimate of drug-likeness (QED) is 0.308. The molecule has 7 aromatic rings. The minimum atomic E-state index is -0.466. The summed E-state index contributed by atoms with van der Waals surface area (Å²) in [7, 11) is 0. The molecule has 0 radical (unpaired) electrons. The van der Waals surface area contributed by atoms with Crippen LogP contribution in [0.4, 0.5) is 22.2 Å². The van der Waals surface area contributed by atoms with Gasteiger partial charge in [-0.25, -0.2) is 13.8 Å². The van der Waals surface area contributed by atoms with Crippen molar-refractivity contribution >= 4 is 50.8 Å². The third-order valence-electron chi connectivity index (χ3n) is 6.60. The molecule has 39 heavy (non-hydrogen) atoms.